The molecule has 0 aromatic heterocycles. The minimum Gasteiger partial charge on any atom is -0.462 e. The number of hydrogen-bond acceptors (Lipinski definition) is 4. The van der Waals surface area contributed by atoms with Crippen molar-refractivity contribution in [2.24, 2.45) is 0 Å². The van der Waals surface area contributed by atoms with Crippen LogP contribution < -0.4 is 0 Å². The van der Waals surface area contributed by atoms with Gasteiger partial charge < -0.3 is 4.74 Å². The van der Waals surface area contributed by atoms with Gasteiger partial charge in [0.25, 0.3) is 0 Å². The van der Waals surface area contributed by atoms with Gasteiger partial charge >= 0.3 is 5.97 Å². The topological polar surface area (TPSA) is 46.6 Å². The van der Waals surface area contributed by atoms with E-state index in [0.717, 1.165) is 13.1 Å². The summed E-state index contributed by atoms with van der Waals surface area (Å²) in [6.07, 6.45) is 2.33. The van der Waals surface area contributed by atoms with Crippen LogP contribution in [0.5, 0.6) is 0 Å². The Hall–Kier alpha value is -1.68. The molecule has 0 radical (unpaired) electrons. The molecule has 1 heterocycles. The van der Waals surface area contributed by atoms with E-state index in [-0.39, 0.29) is 17.8 Å². The van der Waals surface area contributed by atoms with Crippen molar-refractivity contribution in [1.82, 2.24) is 4.90 Å². The van der Waals surface area contributed by atoms with Crippen molar-refractivity contribution in [2.75, 3.05) is 19.7 Å². The zero-order chi connectivity index (χ0) is 14.5. The van der Waals surface area contributed by atoms with E-state index in [4.69, 9.17) is 4.74 Å². The van der Waals surface area contributed by atoms with Gasteiger partial charge in [0.1, 0.15) is 0 Å². The van der Waals surface area contributed by atoms with Gasteiger partial charge in [0.05, 0.1) is 18.2 Å². The van der Waals surface area contributed by atoms with E-state index >= 15 is 0 Å². The molecule has 1 aliphatic heterocycles. The van der Waals surface area contributed by atoms with Gasteiger partial charge in [0.15, 0.2) is 5.78 Å². The Balaban J connectivity index is 2.05. The molecule has 1 aromatic carbocycles. The number of rotatable bonds is 5. The average Bonchev–Trinajstić information content (AvgIpc) is 3.00. The zero-order valence-electron chi connectivity index (χ0n) is 12.1. The van der Waals surface area contributed by atoms with Crippen molar-refractivity contribution in [2.45, 2.75) is 32.7 Å². The third-order valence-corrected chi connectivity index (χ3v) is 3.75. The highest BCUT2D eigenvalue weighted by Gasteiger charge is 2.24. The van der Waals surface area contributed by atoms with E-state index in [9.17, 15) is 9.59 Å². The number of hydrogen-bond donors (Lipinski definition) is 0. The average molecular weight is 275 g/mol. The Kier molecular flexibility index (Phi) is 4.90. The first-order chi connectivity index (χ1) is 9.63. The van der Waals surface area contributed by atoms with E-state index < -0.39 is 0 Å². The number of Topliss-reactive ketones (excluding diaryl/α,β-unsaturated/α-hetero) is 1. The van der Waals surface area contributed by atoms with Crippen LogP contribution >= 0.6 is 0 Å². The molecule has 1 saturated heterocycles. The minimum absolute atomic E-state index is 0.0917. The van der Waals surface area contributed by atoms with Crippen molar-refractivity contribution in [3.63, 3.8) is 0 Å². The molecule has 4 nitrogen and oxygen atoms in total. The van der Waals surface area contributed by atoms with Crippen LogP contribution in [0.4, 0.5) is 0 Å². The number of ether oxygens (including phenoxy) is 1. The van der Waals surface area contributed by atoms with Crippen molar-refractivity contribution < 1.29 is 14.3 Å². The summed E-state index contributed by atoms with van der Waals surface area (Å²) in [5.74, 6) is -0.235. The number of carbonyl (C=O) groups excluding carboxylic acids is 2. The lowest BCUT2D eigenvalue weighted by molar-refractivity contribution is 0.0526. The molecule has 1 fully saturated rings. The van der Waals surface area contributed by atoms with Crippen LogP contribution in [0.15, 0.2) is 24.3 Å². The first-order valence-electron chi connectivity index (χ1n) is 7.19. The third-order valence-electron chi connectivity index (χ3n) is 3.75. The Bertz CT molecular complexity index is 475. The van der Waals surface area contributed by atoms with E-state index in [1.54, 1.807) is 31.2 Å². The molecule has 2 rings (SSSR count). The second kappa shape index (κ2) is 6.66. The van der Waals surface area contributed by atoms with Crippen LogP contribution in [0.3, 0.4) is 0 Å². The Morgan fingerprint density at radius 3 is 2.25 bits per heavy atom. The Morgan fingerprint density at radius 2 is 1.70 bits per heavy atom. The summed E-state index contributed by atoms with van der Waals surface area (Å²) >= 11 is 0. The molecule has 1 aliphatic rings. The predicted octanol–water partition coefficient (Wildman–Crippen LogP) is 2.53. The van der Waals surface area contributed by atoms with Crippen molar-refractivity contribution >= 4 is 11.8 Å². The van der Waals surface area contributed by atoms with E-state index in [2.05, 4.69) is 4.90 Å². The summed E-state index contributed by atoms with van der Waals surface area (Å²) in [5.41, 5.74) is 1.13. The van der Waals surface area contributed by atoms with Gasteiger partial charge in [-0.3, -0.25) is 9.69 Å². The molecule has 1 atom stereocenters. The first-order valence-corrected chi connectivity index (χ1v) is 7.19. The molecular weight excluding hydrogens is 254 g/mol. The van der Waals surface area contributed by atoms with E-state index in [0.29, 0.717) is 17.7 Å². The standard InChI is InChI=1S/C16H21NO3/c1-3-20-16(19)14-8-6-13(7-9-14)15(18)12(2)17-10-4-5-11-17/h6-9,12H,3-5,10-11H2,1-2H3. The maximum Gasteiger partial charge on any atom is 0.338 e. The molecule has 0 spiro atoms. The van der Waals surface area contributed by atoms with E-state index in [1.807, 2.05) is 6.92 Å². The van der Waals surface area contributed by atoms with Crippen LogP contribution in [0, 0.1) is 0 Å². The first kappa shape index (κ1) is 14.7. The number of likely N-dealkylation sites (tertiary alicyclic amines) is 1. The summed E-state index contributed by atoms with van der Waals surface area (Å²) in [5, 5.41) is 0. The van der Waals surface area contributed by atoms with Crippen molar-refractivity contribution in [1.29, 1.82) is 0 Å². The van der Waals surface area contributed by atoms with Gasteiger partial charge in [-0.1, -0.05) is 12.1 Å². The largest absolute Gasteiger partial charge is 0.462 e. The molecule has 108 valence electrons. The Labute approximate surface area is 119 Å². The van der Waals surface area contributed by atoms with Gasteiger partial charge in [-0.25, -0.2) is 4.79 Å². The lowest BCUT2D eigenvalue weighted by Crippen LogP contribution is -2.36. The highest BCUT2D eigenvalue weighted by Crippen LogP contribution is 2.16. The minimum atomic E-state index is -0.348. The van der Waals surface area contributed by atoms with Crippen LogP contribution in [0.2, 0.25) is 0 Å². The number of nitrogens with zero attached hydrogens (tertiary/aromatic N) is 1. The monoisotopic (exact) mass is 275 g/mol. The fourth-order valence-electron chi connectivity index (χ4n) is 2.52. The van der Waals surface area contributed by atoms with Crippen molar-refractivity contribution in [3.05, 3.63) is 35.4 Å². The van der Waals surface area contributed by atoms with Gasteiger partial charge in [-0.15, -0.1) is 0 Å². The molecule has 1 aromatic rings. The number of esters is 1. The SMILES string of the molecule is CCOC(=O)c1ccc(C(=O)C(C)N2CCCC2)cc1. The molecule has 0 bridgehead atoms. The molecule has 0 saturated carbocycles. The van der Waals surface area contributed by atoms with Crippen LogP contribution in [-0.4, -0.2) is 42.4 Å². The maximum absolute atomic E-state index is 12.4. The highest BCUT2D eigenvalue weighted by atomic mass is 16.5. The summed E-state index contributed by atoms with van der Waals surface area (Å²) < 4.78 is 4.92. The lowest BCUT2D eigenvalue weighted by Gasteiger charge is -2.22. The Morgan fingerprint density at radius 1 is 1.15 bits per heavy atom. The molecule has 20 heavy (non-hydrogen) atoms. The summed E-state index contributed by atoms with van der Waals surface area (Å²) in [4.78, 5) is 26.1. The van der Waals surface area contributed by atoms with Crippen LogP contribution in [-0.2, 0) is 4.74 Å². The normalized spacial score (nSPS) is 16.9. The molecule has 0 aliphatic carbocycles. The lowest BCUT2D eigenvalue weighted by atomic mass is 10.0. The summed E-state index contributed by atoms with van der Waals surface area (Å²) in [7, 11) is 0. The molecular formula is C16H21NO3. The van der Waals surface area contributed by atoms with Crippen LogP contribution in [0.25, 0.3) is 0 Å². The van der Waals surface area contributed by atoms with Gasteiger partial charge in [0.2, 0.25) is 0 Å². The quantitative estimate of drug-likeness (QED) is 0.612. The highest BCUT2D eigenvalue weighted by molar-refractivity contribution is 6.00. The molecule has 0 amide bonds. The smallest absolute Gasteiger partial charge is 0.338 e. The summed E-state index contributed by atoms with van der Waals surface area (Å²) in [6.45, 7) is 6.06. The fraction of sp³-hybridized carbons (Fsp3) is 0.500. The predicted molar refractivity (Wildman–Crippen MR) is 77.0 cm³/mol. The fourth-order valence-corrected chi connectivity index (χ4v) is 2.52. The maximum atomic E-state index is 12.4. The zero-order valence-corrected chi connectivity index (χ0v) is 12.1. The number of ketones is 1. The second-order valence-corrected chi connectivity index (χ2v) is 5.08. The van der Waals surface area contributed by atoms with E-state index in [1.165, 1.54) is 12.8 Å². The number of benzene rings is 1. The second-order valence-electron chi connectivity index (χ2n) is 5.08. The van der Waals surface area contributed by atoms with Gasteiger partial charge in [-0.2, -0.15) is 0 Å². The van der Waals surface area contributed by atoms with Gasteiger partial charge in [0, 0.05) is 5.56 Å². The summed E-state index contributed by atoms with van der Waals surface area (Å²) in [6, 6.07) is 6.64. The molecule has 1 unspecified atom stereocenters. The van der Waals surface area contributed by atoms with Crippen LogP contribution in [0.1, 0.15) is 47.4 Å². The molecule has 0 N–H and O–H groups in total. The van der Waals surface area contributed by atoms with Gasteiger partial charge in [-0.05, 0) is 51.9 Å². The van der Waals surface area contributed by atoms with Crippen molar-refractivity contribution in [3.8, 4) is 0 Å². The third kappa shape index (κ3) is 3.25. The number of carbonyl (C=O) groups is 2. The molecule has 4 heteroatoms.